The van der Waals surface area contributed by atoms with Crippen molar-refractivity contribution in [2.45, 2.75) is 4.90 Å². The highest BCUT2D eigenvalue weighted by molar-refractivity contribution is 8.04. The summed E-state index contributed by atoms with van der Waals surface area (Å²) in [6, 6.07) is 13.3. The molecule has 0 aromatic heterocycles. The summed E-state index contributed by atoms with van der Waals surface area (Å²) in [7, 11) is 3.18. The number of fused-ring (bicyclic) bond motifs is 1. The molecule has 0 saturated carbocycles. The van der Waals surface area contributed by atoms with Crippen LogP contribution in [0.4, 0.5) is 5.69 Å². The number of thioether (sulfide) groups is 1. The molecule has 0 unspecified atom stereocenters. The van der Waals surface area contributed by atoms with Gasteiger partial charge in [-0.1, -0.05) is 30.0 Å². The maximum atomic E-state index is 12.2. The fourth-order valence-corrected chi connectivity index (χ4v) is 3.15. The molecule has 1 amide bonds. The van der Waals surface area contributed by atoms with Crippen LogP contribution >= 0.6 is 11.8 Å². The standard InChI is InChI=1S/C17H15NO3S/c1-20-13-8-7-11(9-14(13)21-2)10-16-17(19)18-12-5-3-4-6-15(12)22-16/h3-10H,1-2H3,(H,18,19). The first kappa shape index (κ1) is 14.5. The van der Waals surface area contributed by atoms with E-state index in [4.69, 9.17) is 9.47 Å². The van der Waals surface area contributed by atoms with Gasteiger partial charge in [0.25, 0.3) is 5.91 Å². The third kappa shape index (κ3) is 2.80. The predicted molar refractivity (Wildman–Crippen MR) is 88.5 cm³/mol. The van der Waals surface area contributed by atoms with Gasteiger partial charge in [0, 0.05) is 4.90 Å². The number of amides is 1. The van der Waals surface area contributed by atoms with E-state index in [2.05, 4.69) is 5.32 Å². The SMILES string of the molecule is COc1ccc(C=C2Sc3ccccc3NC2=O)cc1OC. The second-order valence-electron chi connectivity index (χ2n) is 4.68. The smallest absolute Gasteiger partial charge is 0.262 e. The van der Waals surface area contributed by atoms with Gasteiger partial charge >= 0.3 is 0 Å². The molecule has 2 aromatic carbocycles. The Balaban J connectivity index is 1.94. The third-order valence-electron chi connectivity index (χ3n) is 3.28. The number of nitrogens with one attached hydrogen (secondary N) is 1. The number of para-hydroxylation sites is 1. The number of ether oxygens (including phenoxy) is 2. The van der Waals surface area contributed by atoms with Gasteiger partial charge in [0.05, 0.1) is 24.8 Å². The monoisotopic (exact) mass is 313 g/mol. The number of anilines is 1. The number of hydrogen-bond donors (Lipinski definition) is 1. The van der Waals surface area contributed by atoms with Crippen LogP contribution in [0.5, 0.6) is 11.5 Å². The Bertz CT molecular complexity index is 755. The molecule has 1 N–H and O–H groups in total. The highest BCUT2D eigenvalue weighted by Crippen LogP contribution is 2.39. The Hall–Kier alpha value is -2.40. The lowest BCUT2D eigenvalue weighted by molar-refractivity contribution is -0.112. The van der Waals surface area contributed by atoms with Gasteiger partial charge in [-0.15, -0.1) is 0 Å². The molecule has 2 aromatic rings. The van der Waals surface area contributed by atoms with Gasteiger partial charge in [-0.25, -0.2) is 0 Å². The van der Waals surface area contributed by atoms with Crippen molar-refractivity contribution in [3.8, 4) is 11.5 Å². The summed E-state index contributed by atoms with van der Waals surface area (Å²) in [6.45, 7) is 0. The predicted octanol–water partition coefficient (Wildman–Crippen LogP) is 3.79. The zero-order valence-corrected chi connectivity index (χ0v) is 13.1. The van der Waals surface area contributed by atoms with Crippen LogP contribution in [0.3, 0.4) is 0 Å². The summed E-state index contributed by atoms with van der Waals surface area (Å²) in [4.78, 5) is 13.9. The maximum Gasteiger partial charge on any atom is 0.262 e. The molecule has 1 heterocycles. The van der Waals surface area contributed by atoms with E-state index in [1.807, 2.05) is 48.5 Å². The topological polar surface area (TPSA) is 47.6 Å². The minimum Gasteiger partial charge on any atom is -0.493 e. The number of rotatable bonds is 3. The second kappa shape index (κ2) is 6.15. The van der Waals surface area contributed by atoms with Crippen LogP contribution in [0.1, 0.15) is 5.56 Å². The van der Waals surface area contributed by atoms with Crippen LogP contribution in [0.15, 0.2) is 52.3 Å². The molecule has 22 heavy (non-hydrogen) atoms. The molecule has 112 valence electrons. The summed E-state index contributed by atoms with van der Waals surface area (Å²) in [5.74, 6) is 1.20. The highest BCUT2D eigenvalue weighted by atomic mass is 32.2. The van der Waals surface area contributed by atoms with E-state index >= 15 is 0 Å². The molecule has 0 aliphatic carbocycles. The lowest BCUT2D eigenvalue weighted by Gasteiger charge is -2.18. The number of hydrogen-bond acceptors (Lipinski definition) is 4. The lowest BCUT2D eigenvalue weighted by atomic mass is 10.2. The Kier molecular flexibility index (Phi) is 4.06. The van der Waals surface area contributed by atoms with E-state index in [1.54, 1.807) is 14.2 Å². The van der Waals surface area contributed by atoms with Crippen LogP contribution in [-0.4, -0.2) is 20.1 Å². The van der Waals surface area contributed by atoms with Crippen LogP contribution in [0, 0.1) is 0 Å². The van der Waals surface area contributed by atoms with Crippen molar-refractivity contribution in [1.29, 1.82) is 0 Å². The van der Waals surface area contributed by atoms with Crippen molar-refractivity contribution in [2.75, 3.05) is 19.5 Å². The molecule has 0 bridgehead atoms. The molecule has 0 spiro atoms. The van der Waals surface area contributed by atoms with E-state index in [0.29, 0.717) is 16.4 Å². The Morgan fingerprint density at radius 3 is 2.59 bits per heavy atom. The number of methoxy groups -OCH3 is 2. The number of carbonyl (C=O) groups is 1. The minimum absolute atomic E-state index is 0.0986. The molecule has 0 atom stereocenters. The molecule has 3 rings (SSSR count). The average molecular weight is 313 g/mol. The van der Waals surface area contributed by atoms with E-state index in [1.165, 1.54) is 11.8 Å². The summed E-state index contributed by atoms with van der Waals surface area (Å²) in [5, 5.41) is 2.90. The Labute approximate surface area is 133 Å². The Morgan fingerprint density at radius 1 is 1.05 bits per heavy atom. The lowest BCUT2D eigenvalue weighted by Crippen LogP contribution is -2.17. The fourth-order valence-electron chi connectivity index (χ4n) is 2.20. The summed E-state index contributed by atoms with van der Waals surface area (Å²) in [5.41, 5.74) is 1.73. The van der Waals surface area contributed by atoms with Crippen LogP contribution < -0.4 is 14.8 Å². The molecule has 1 aliphatic heterocycles. The summed E-state index contributed by atoms with van der Waals surface area (Å²) < 4.78 is 10.5. The van der Waals surface area contributed by atoms with Crippen molar-refractivity contribution >= 4 is 29.4 Å². The normalized spacial score (nSPS) is 15.2. The van der Waals surface area contributed by atoms with Crippen molar-refractivity contribution in [3.63, 3.8) is 0 Å². The molecule has 0 fully saturated rings. The van der Waals surface area contributed by atoms with Gasteiger partial charge in [-0.05, 0) is 35.9 Å². The molecule has 0 radical (unpaired) electrons. The van der Waals surface area contributed by atoms with Gasteiger partial charge in [0.2, 0.25) is 0 Å². The summed E-state index contributed by atoms with van der Waals surface area (Å²) in [6.07, 6.45) is 1.85. The van der Waals surface area contributed by atoms with Gasteiger partial charge in [0.1, 0.15) is 0 Å². The van der Waals surface area contributed by atoms with Crippen molar-refractivity contribution in [3.05, 3.63) is 52.9 Å². The minimum atomic E-state index is -0.0986. The second-order valence-corrected chi connectivity index (χ2v) is 5.76. The van der Waals surface area contributed by atoms with E-state index in [-0.39, 0.29) is 5.91 Å². The Morgan fingerprint density at radius 2 is 1.82 bits per heavy atom. The molecular formula is C17H15NO3S. The molecule has 5 heteroatoms. The highest BCUT2D eigenvalue weighted by Gasteiger charge is 2.20. The van der Waals surface area contributed by atoms with Gasteiger partial charge in [-0.3, -0.25) is 4.79 Å². The van der Waals surface area contributed by atoms with Crippen molar-refractivity contribution in [1.82, 2.24) is 0 Å². The van der Waals surface area contributed by atoms with Gasteiger partial charge in [0.15, 0.2) is 11.5 Å². The van der Waals surface area contributed by atoms with E-state index < -0.39 is 0 Å². The van der Waals surface area contributed by atoms with Crippen LogP contribution in [-0.2, 0) is 4.79 Å². The largest absolute Gasteiger partial charge is 0.493 e. The average Bonchev–Trinajstić information content (AvgIpc) is 2.55. The molecular weight excluding hydrogens is 298 g/mol. The van der Waals surface area contributed by atoms with E-state index in [9.17, 15) is 4.79 Å². The van der Waals surface area contributed by atoms with Gasteiger partial charge < -0.3 is 14.8 Å². The first-order valence-corrected chi connectivity index (χ1v) is 7.55. The third-order valence-corrected chi connectivity index (χ3v) is 4.38. The van der Waals surface area contributed by atoms with Crippen LogP contribution in [0.2, 0.25) is 0 Å². The summed E-state index contributed by atoms with van der Waals surface area (Å²) >= 11 is 1.46. The fraction of sp³-hybridized carbons (Fsp3) is 0.118. The zero-order valence-electron chi connectivity index (χ0n) is 12.3. The zero-order chi connectivity index (χ0) is 15.5. The maximum absolute atomic E-state index is 12.2. The van der Waals surface area contributed by atoms with Gasteiger partial charge in [-0.2, -0.15) is 0 Å². The van der Waals surface area contributed by atoms with E-state index in [0.717, 1.165) is 16.1 Å². The number of benzene rings is 2. The molecule has 0 saturated heterocycles. The van der Waals surface area contributed by atoms with Crippen LogP contribution in [0.25, 0.3) is 6.08 Å². The first-order valence-electron chi connectivity index (χ1n) is 6.73. The van der Waals surface area contributed by atoms with Crippen molar-refractivity contribution < 1.29 is 14.3 Å². The quantitative estimate of drug-likeness (QED) is 0.876. The number of carbonyl (C=O) groups excluding carboxylic acids is 1. The molecule has 4 nitrogen and oxygen atoms in total. The molecule has 1 aliphatic rings. The van der Waals surface area contributed by atoms with Crippen molar-refractivity contribution in [2.24, 2.45) is 0 Å². The first-order chi connectivity index (χ1) is 10.7.